The van der Waals surface area contributed by atoms with Gasteiger partial charge < -0.3 is 4.98 Å². The molecular formula is C15H12F2N6S. The number of H-pyrrole nitrogens is 1. The summed E-state index contributed by atoms with van der Waals surface area (Å²) in [5.41, 5.74) is 2.22. The van der Waals surface area contributed by atoms with Gasteiger partial charge in [0.1, 0.15) is 17.7 Å². The lowest BCUT2D eigenvalue weighted by molar-refractivity contribution is 0.0715. The highest BCUT2D eigenvalue weighted by atomic mass is 32.2. The minimum Gasteiger partial charge on any atom is -0.330 e. The lowest BCUT2D eigenvalue weighted by Gasteiger charge is -2.12. The Bertz CT molecular complexity index is 978. The van der Waals surface area contributed by atoms with Crippen molar-refractivity contribution in [1.82, 2.24) is 29.5 Å². The Morgan fingerprint density at radius 3 is 2.83 bits per heavy atom. The van der Waals surface area contributed by atoms with Crippen LogP contribution in [0.5, 0.6) is 0 Å². The molecule has 0 saturated heterocycles. The fourth-order valence-corrected chi connectivity index (χ4v) is 3.49. The van der Waals surface area contributed by atoms with Crippen molar-refractivity contribution >= 4 is 34.0 Å². The summed E-state index contributed by atoms with van der Waals surface area (Å²) in [7, 11) is 0. The van der Waals surface area contributed by atoms with Crippen LogP contribution in [0.2, 0.25) is 0 Å². The molecule has 24 heavy (non-hydrogen) atoms. The predicted molar refractivity (Wildman–Crippen MR) is 86.9 cm³/mol. The Labute approximate surface area is 139 Å². The van der Waals surface area contributed by atoms with Gasteiger partial charge in [-0.3, -0.25) is 4.57 Å². The number of alkyl halides is 2. The summed E-state index contributed by atoms with van der Waals surface area (Å²) < 4.78 is 28.0. The lowest BCUT2D eigenvalue weighted by atomic mass is 10.3. The molecule has 0 spiro atoms. The van der Waals surface area contributed by atoms with Crippen molar-refractivity contribution in [3.05, 3.63) is 42.6 Å². The van der Waals surface area contributed by atoms with Crippen molar-refractivity contribution in [2.24, 2.45) is 0 Å². The molecular weight excluding hydrogens is 334 g/mol. The number of nitrogens with zero attached hydrogens (tertiary/aromatic N) is 5. The van der Waals surface area contributed by atoms with Crippen LogP contribution in [0.15, 0.2) is 41.9 Å². The van der Waals surface area contributed by atoms with E-state index in [9.17, 15) is 8.78 Å². The fourth-order valence-electron chi connectivity index (χ4n) is 2.57. The third kappa shape index (κ3) is 2.50. The van der Waals surface area contributed by atoms with E-state index in [0.29, 0.717) is 33.2 Å². The zero-order valence-electron chi connectivity index (χ0n) is 12.5. The number of thioether (sulfide) groups is 1. The summed E-state index contributed by atoms with van der Waals surface area (Å²) >= 11 is 1.32. The number of fused-ring (bicyclic) bond motifs is 2. The van der Waals surface area contributed by atoms with Crippen LogP contribution in [0.4, 0.5) is 8.78 Å². The molecule has 0 amide bonds. The van der Waals surface area contributed by atoms with Crippen LogP contribution in [0.3, 0.4) is 0 Å². The van der Waals surface area contributed by atoms with Gasteiger partial charge in [0.2, 0.25) is 0 Å². The molecule has 0 fully saturated rings. The van der Waals surface area contributed by atoms with Crippen LogP contribution in [0, 0.1) is 0 Å². The molecule has 0 aliphatic carbocycles. The normalized spacial score (nSPS) is 13.2. The molecule has 0 aliphatic heterocycles. The van der Waals surface area contributed by atoms with Crippen molar-refractivity contribution < 1.29 is 8.78 Å². The number of benzene rings is 1. The second kappa shape index (κ2) is 5.82. The maximum atomic E-state index is 13.5. The van der Waals surface area contributed by atoms with Gasteiger partial charge in [0.25, 0.3) is 0 Å². The molecule has 3 aromatic heterocycles. The van der Waals surface area contributed by atoms with Gasteiger partial charge in [0.05, 0.1) is 22.5 Å². The third-order valence-electron chi connectivity index (χ3n) is 3.61. The first-order chi connectivity index (χ1) is 11.6. The van der Waals surface area contributed by atoms with Gasteiger partial charge in [-0.25, -0.2) is 19.9 Å². The maximum Gasteiger partial charge on any atom is 0.320 e. The molecule has 1 N–H and O–H groups in total. The highest BCUT2D eigenvalue weighted by Crippen LogP contribution is 2.36. The van der Waals surface area contributed by atoms with Gasteiger partial charge in [-0.05, 0) is 19.1 Å². The number of hydrogen-bond acceptors (Lipinski definition) is 5. The Balaban J connectivity index is 1.72. The van der Waals surface area contributed by atoms with Crippen molar-refractivity contribution in [1.29, 1.82) is 0 Å². The summed E-state index contributed by atoms with van der Waals surface area (Å²) in [6, 6.07) is 6.88. The van der Waals surface area contributed by atoms with Crippen molar-refractivity contribution in [3.8, 4) is 0 Å². The van der Waals surface area contributed by atoms with E-state index in [-0.39, 0.29) is 5.25 Å². The van der Waals surface area contributed by atoms with E-state index in [4.69, 9.17) is 0 Å². The van der Waals surface area contributed by atoms with Gasteiger partial charge in [-0.15, -0.1) is 0 Å². The molecule has 0 bridgehead atoms. The second-order valence-corrected chi connectivity index (χ2v) is 6.50. The van der Waals surface area contributed by atoms with Crippen LogP contribution >= 0.6 is 11.8 Å². The maximum absolute atomic E-state index is 13.5. The first kappa shape index (κ1) is 15.0. The molecule has 0 radical (unpaired) electrons. The Hall–Kier alpha value is -2.55. The first-order valence-corrected chi connectivity index (χ1v) is 8.09. The summed E-state index contributed by atoms with van der Waals surface area (Å²) in [5.74, 6) is 0.308. The molecule has 0 unspecified atom stereocenters. The summed E-state index contributed by atoms with van der Waals surface area (Å²) in [4.78, 5) is 19.8. The largest absolute Gasteiger partial charge is 0.330 e. The van der Waals surface area contributed by atoms with E-state index < -0.39 is 6.55 Å². The lowest BCUT2D eigenvalue weighted by Crippen LogP contribution is -2.06. The van der Waals surface area contributed by atoms with Gasteiger partial charge in [0.15, 0.2) is 10.8 Å². The van der Waals surface area contributed by atoms with Crippen LogP contribution in [0.1, 0.15) is 24.5 Å². The van der Waals surface area contributed by atoms with E-state index in [1.165, 1.54) is 18.1 Å². The number of imidazole rings is 2. The van der Waals surface area contributed by atoms with Gasteiger partial charge >= 0.3 is 6.55 Å². The molecule has 4 aromatic rings. The average molecular weight is 346 g/mol. The van der Waals surface area contributed by atoms with Crippen molar-refractivity contribution in [3.63, 3.8) is 0 Å². The van der Waals surface area contributed by atoms with E-state index in [0.717, 1.165) is 4.57 Å². The molecule has 4 rings (SSSR count). The van der Waals surface area contributed by atoms with E-state index in [2.05, 4.69) is 24.9 Å². The Morgan fingerprint density at radius 1 is 1.21 bits per heavy atom. The monoisotopic (exact) mass is 346 g/mol. The molecule has 0 saturated carbocycles. The molecule has 6 nitrogen and oxygen atoms in total. The zero-order valence-corrected chi connectivity index (χ0v) is 13.3. The summed E-state index contributed by atoms with van der Waals surface area (Å²) in [6.07, 6.45) is 3.04. The summed E-state index contributed by atoms with van der Waals surface area (Å²) in [6.45, 7) is -0.833. The molecule has 1 atom stereocenters. The smallest absolute Gasteiger partial charge is 0.320 e. The van der Waals surface area contributed by atoms with E-state index in [1.807, 2.05) is 6.92 Å². The zero-order chi connectivity index (χ0) is 16.7. The van der Waals surface area contributed by atoms with Gasteiger partial charge in [-0.1, -0.05) is 23.9 Å². The predicted octanol–water partition coefficient (Wildman–Crippen LogP) is 3.95. The number of halogens is 2. The van der Waals surface area contributed by atoms with E-state index in [1.54, 1.807) is 30.5 Å². The minimum absolute atomic E-state index is 0.308. The second-order valence-electron chi connectivity index (χ2n) is 5.17. The molecule has 9 heteroatoms. The molecule has 3 heterocycles. The van der Waals surface area contributed by atoms with Gasteiger partial charge in [-0.2, -0.15) is 8.78 Å². The van der Waals surface area contributed by atoms with Crippen LogP contribution in [-0.4, -0.2) is 29.5 Å². The first-order valence-electron chi connectivity index (χ1n) is 7.21. The Morgan fingerprint density at radius 2 is 2.04 bits per heavy atom. The minimum atomic E-state index is -2.66. The standard InChI is InChI=1S/C15H12F2N6S/c1-8(24-15-21-10-6-18-7-19-12(10)22-15)13-20-9-4-2-3-5-11(9)23(13)14(16)17/h2-8,14H,1H3,(H,18,19,21,22)/t8-/m0/s1. The quantitative estimate of drug-likeness (QED) is 0.567. The number of aromatic nitrogens is 6. The SMILES string of the molecule is C[C@H](Sc1nc2ncncc2[nH]1)c1nc2ccccc2n1C(F)F. The highest BCUT2D eigenvalue weighted by molar-refractivity contribution is 7.99. The number of hydrogen-bond donors (Lipinski definition) is 1. The van der Waals surface area contributed by atoms with E-state index >= 15 is 0 Å². The molecule has 122 valence electrons. The van der Waals surface area contributed by atoms with Crippen LogP contribution in [0.25, 0.3) is 22.2 Å². The highest BCUT2D eigenvalue weighted by Gasteiger charge is 2.23. The molecule has 0 aliphatic rings. The number of rotatable bonds is 4. The van der Waals surface area contributed by atoms with Crippen LogP contribution in [-0.2, 0) is 0 Å². The molecule has 1 aromatic carbocycles. The third-order valence-corrected chi connectivity index (χ3v) is 4.59. The van der Waals surface area contributed by atoms with Crippen molar-refractivity contribution in [2.45, 2.75) is 23.9 Å². The van der Waals surface area contributed by atoms with Crippen molar-refractivity contribution in [2.75, 3.05) is 0 Å². The average Bonchev–Trinajstić information content (AvgIpc) is 3.15. The van der Waals surface area contributed by atoms with Gasteiger partial charge in [0, 0.05) is 0 Å². The Kier molecular flexibility index (Phi) is 3.64. The topological polar surface area (TPSA) is 72.3 Å². The number of nitrogens with one attached hydrogen (secondary N) is 1. The number of para-hydroxylation sites is 2. The fraction of sp³-hybridized carbons (Fsp3) is 0.200. The van der Waals surface area contributed by atoms with Crippen LogP contribution < -0.4 is 0 Å². The number of aromatic amines is 1. The summed E-state index contributed by atoms with van der Waals surface area (Å²) in [5, 5.41) is 0.269.